The summed E-state index contributed by atoms with van der Waals surface area (Å²) < 4.78 is 55.1. The number of sulfone groups is 1. The van der Waals surface area contributed by atoms with Gasteiger partial charge in [0.05, 0.1) is 15.9 Å². The van der Waals surface area contributed by atoms with Crippen molar-refractivity contribution < 1.29 is 26.4 Å². The van der Waals surface area contributed by atoms with E-state index < -0.39 is 37.1 Å². The zero-order valence-electron chi connectivity index (χ0n) is 12.1. The molecule has 1 aromatic carbocycles. The zero-order valence-corrected chi connectivity index (χ0v) is 13.7. The van der Waals surface area contributed by atoms with E-state index in [2.05, 4.69) is 0 Å². The quantitative estimate of drug-likeness (QED) is 0.726. The van der Waals surface area contributed by atoms with Crippen LogP contribution in [-0.2, 0) is 24.7 Å². The van der Waals surface area contributed by atoms with E-state index >= 15 is 0 Å². The lowest BCUT2D eigenvalue weighted by molar-refractivity contribution is -0.119. The van der Waals surface area contributed by atoms with Crippen LogP contribution in [-0.4, -0.2) is 57.2 Å². The molecule has 2 atom stereocenters. The first-order valence-corrected chi connectivity index (χ1v) is 10.1. The van der Waals surface area contributed by atoms with Gasteiger partial charge in [-0.2, -0.15) is 4.31 Å². The standard InChI is InChI=1S/C13H16N2O6S2/c14-13(16)7-21-10-1-3-11(4-2-10)23(19,20)15-6-12-5-9(15)8-22(12,17)18/h1-4,9,12H,5-8H2,(H2,14,16). The van der Waals surface area contributed by atoms with Gasteiger partial charge in [0.15, 0.2) is 16.4 Å². The van der Waals surface area contributed by atoms with Crippen LogP contribution in [0, 0.1) is 0 Å². The van der Waals surface area contributed by atoms with Crippen molar-refractivity contribution in [3.8, 4) is 5.75 Å². The summed E-state index contributed by atoms with van der Waals surface area (Å²) in [6.07, 6.45) is 0.362. The molecule has 2 heterocycles. The second-order valence-corrected chi connectivity index (χ2v) is 9.86. The van der Waals surface area contributed by atoms with Gasteiger partial charge in [0.1, 0.15) is 5.75 Å². The number of primary amides is 1. The molecule has 1 aromatic rings. The average Bonchev–Trinajstić information content (AvgIpc) is 3.01. The summed E-state index contributed by atoms with van der Waals surface area (Å²) in [5, 5.41) is -0.597. The molecule has 10 heteroatoms. The van der Waals surface area contributed by atoms with Gasteiger partial charge >= 0.3 is 0 Å². The smallest absolute Gasteiger partial charge is 0.255 e. The van der Waals surface area contributed by atoms with E-state index in [0.29, 0.717) is 12.2 Å². The molecule has 0 aliphatic carbocycles. The number of amides is 1. The number of nitrogens with zero attached hydrogens (tertiary/aromatic N) is 1. The van der Waals surface area contributed by atoms with Crippen molar-refractivity contribution in [2.45, 2.75) is 22.6 Å². The first-order valence-electron chi connectivity index (χ1n) is 6.95. The summed E-state index contributed by atoms with van der Waals surface area (Å²) in [6, 6.07) is 5.11. The fourth-order valence-corrected chi connectivity index (χ4v) is 6.85. The van der Waals surface area contributed by atoms with Crippen LogP contribution in [0.4, 0.5) is 0 Å². The zero-order chi connectivity index (χ0) is 16.8. The highest BCUT2D eigenvalue weighted by molar-refractivity contribution is 7.93. The number of carbonyl (C=O) groups excluding carboxylic acids is 1. The van der Waals surface area contributed by atoms with Gasteiger partial charge in [0.2, 0.25) is 10.0 Å². The summed E-state index contributed by atoms with van der Waals surface area (Å²) in [7, 11) is -6.90. The number of fused-ring (bicyclic) bond motifs is 2. The van der Waals surface area contributed by atoms with Crippen LogP contribution in [0.15, 0.2) is 29.2 Å². The van der Waals surface area contributed by atoms with Gasteiger partial charge < -0.3 is 10.5 Å². The molecule has 2 bridgehead atoms. The molecular weight excluding hydrogens is 344 g/mol. The van der Waals surface area contributed by atoms with Crippen molar-refractivity contribution in [3.05, 3.63) is 24.3 Å². The molecule has 2 N–H and O–H groups in total. The molecule has 2 saturated heterocycles. The molecule has 0 saturated carbocycles. The number of benzene rings is 1. The van der Waals surface area contributed by atoms with E-state index in [-0.39, 0.29) is 23.8 Å². The Labute approximate surface area is 134 Å². The molecule has 0 spiro atoms. The topological polar surface area (TPSA) is 124 Å². The Morgan fingerprint density at radius 2 is 1.96 bits per heavy atom. The predicted octanol–water partition coefficient (Wildman–Crippen LogP) is -0.889. The van der Waals surface area contributed by atoms with Crippen LogP contribution < -0.4 is 10.5 Å². The van der Waals surface area contributed by atoms with E-state index in [4.69, 9.17) is 10.5 Å². The third kappa shape index (κ3) is 2.93. The molecule has 2 fully saturated rings. The fourth-order valence-electron chi connectivity index (χ4n) is 2.95. The number of nitrogens with two attached hydrogens (primary N) is 1. The van der Waals surface area contributed by atoms with Crippen molar-refractivity contribution in [1.29, 1.82) is 0 Å². The summed E-state index contributed by atoms with van der Waals surface area (Å²) in [5.74, 6) is -0.416. The van der Waals surface area contributed by atoms with Crippen LogP contribution >= 0.6 is 0 Å². The Morgan fingerprint density at radius 1 is 1.30 bits per heavy atom. The van der Waals surface area contributed by atoms with Crippen LogP contribution in [0.25, 0.3) is 0 Å². The summed E-state index contributed by atoms with van der Waals surface area (Å²) >= 11 is 0. The maximum Gasteiger partial charge on any atom is 0.255 e. The predicted molar refractivity (Wildman–Crippen MR) is 81.0 cm³/mol. The highest BCUT2D eigenvalue weighted by Gasteiger charge is 2.52. The summed E-state index contributed by atoms with van der Waals surface area (Å²) in [4.78, 5) is 10.7. The lowest BCUT2D eigenvalue weighted by Gasteiger charge is -2.26. The second-order valence-electron chi connectivity index (χ2n) is 5.64. The van der Waals surface area contributed by atoms with E-state index in [0.717, 1.165) is 0 Å². The first kappa shape index (κ1) is 16.2. The highest BCUT2D eigenvalue weighted by atomic mass is 32.2. The van der Waals surface area contributed by atoms with Gasteiger partial charge in [0.25, 0.3) is 5.91 Å². The van der Waals surface area contributed by atoms with Crippen LogP contribution in [0.1, 0.15) is 6.42 Å². The second kappa shape index (κ2) is 5.46. The van der Waals surface area contributed by atoms with E-state index in [1.54, 1.807) is 0 Å². The third-order valence-corrected chi connectivity index (χ3v) is 8.21. The summed E-state index contributed by atoms with van der Waals surface area (Å²) in [5.41, 5.74) is 4.96. The maximum atomic E-state index is 12.6. The molecule has 126 valence electrons. The van der Waals surface area contributed by atoms with Crippen LogP contribution in [0.3, 0.4) is 0 Å². The Balaban J connectivity index is 1.78. The van der Waals surface area contributed by atoms with Crippen LogP contribution in [0.5, 0.6) is 5.75 Å². The Hall–Kier alpha value is -1.65. The average molecular weight is 360 g/mol. The van der Waals surface area contributed by atoms with Gasteiger partial charge in [-0.3, -0.25) is 4.79 Å². The van der Waals surface area contributed by atoms with Crippen LogP contribution in [0.2, 0.25) is 0 Å². The lowest BCUT2D eigenvalue weighted by atomic mass is 10.3. The van der Waals surface area contributed by atoms with Gasteiger partial charge in [0, 0.05) is 12.6 Å². The minimum atomic E-state index is -3.75. The third-order valence-electron chi connectivity index (χ3n) is 4.07. The van der Waals surface area contributed by atoms with Crippen molar-refractivity contribution in [1.82, 2.24) is 4.31 Å². The number of ether oxygens (including phenoxy) is 1. The Bertz CT molecular complexity index is 832. The molecule has 0 radical (unpaired) electrons. The maximum absolute atomic E-state index is 12.6. The number of rotatable bonds is 5. The van der Waals surface area contributed by atoms with Gasteiger partial charge in [-0.25, -0.2) is 16.8 Å². The molecule has 2 unspecified atom stereocenters. The van der Waals surface area contributed by atoms with E-state index in [9.17, 15) is 21.6 Å². The van der Waals surface area contributed by atoms with E-state index in [1.165, 1.54) is 28.6 Å². The normalized spacial score (nSPS) is 26.3. The minimum absolute atomic E-state index is 0.00919. The largest absolute Gasteiger partial charge is 0.484 e. The molecule has 1 amide bonds. The molecule has 8 nitrogen and oxygen atoms in total. The van der Waals surface area contributed by atoms with Crippen molar-refractivity contribution in [2.24, 2.45) is 5.73 Å². The fraction of sp³-hybridized carbons (Fsp3) is 0.462. The Morgan fingerprint density at radius 3 is 2.43 bits per heavy atom. The number of carbonyl (C=O) groups is 1. The molecule has 0 aromatic heterocycles. The van der Waals surface area contributed by atoms with Crippen molar-refractivity contribution in [3.63, 3.8) is 0 Å². The van der Waals surface area contributed by atoms with Crippen molar-refractivity contribution in [2.75, 3.05) is 18.9 Å². The minimum Gasteiger partial charge on any atom is -0.484 e. The first-order chi connectivity index (χ1) is 10.7. The monoisotopic (exact) mass is 360 g/mol. The van der Waals surface area contributed by atoms with Gasteiger partial charge in [-0.1, -0.05) is 0 Å². The Kier molecular flexibility index (Phi) is 3.85. The highest BCUT2D eigenvalue weighted by Crippen LogP contribution is 2.36. The SMILES string of the molecule is NC(=O)COc1ccc(S(=O)(=O)N2CC3CC2CS3(=O)=O)cc1. The molecule has 2 aliphatic heterocycles. The number of hydrogen-bond acceptors (Lipinski definition) is 6. The lowest BCUT2D eigenvalue weighted by Crippen LogP contribution is -2.43. The molecule has 23 heavy (non-hydrogen) atoms. The van der Waals surface area contributed by atoms with Crippen molar-refractivity contribution >= 4 is 25.8 Å². The summed E-state index contributed by atoms with van der Waals surface area (Å²) in [6.45, 7) is -0.283. The molecule has 2 aliphatic rings. The number of sulfonamides is 1. The number of hydrogen-bond donors (Lipinski definition) is 1. The molecular formula is C13H16N2O6S2. The van der Waals surface area contributed by atoms with Gasteiger partial charge in [-0.05, 0) is 30.7 Å². The van der Waals surface area contributed by atoms with E-state index in [1.807, 2.05) is 0 Å². The van der Waals surface area contributed by atoms with Gasteiger partial charge in [-0.15, -0.1) is 0 Å². The molecule has 3 rings (SSSR count).